The molecule has 0 fully saturated rings. The van der Waals surface area contributed by atoms with Gasteiger partial charge in [0.1, 0.15) is 11.0 Å². The molecule has 0 radical (unpaired) electrons. The fraction of sp³-hybridized carbons (Fsp3) is 0.0526. The minimum atomic E-state index is -1.23. The second kappa shape index (κ2) is 8.11. The summed E-state index contributed by atoms with van der Waals surface area (Å²) in [5.74, 6) is 0. The molecule has 0 heterocycles. The molecule has 0 aliphatic rings. The highest BCUT2D eigenvalue weighted by molar-refractivity contribution is 8.06. The molecule has 0 unspecified atom stereocenters. The van der Waals surface area contributed by atoms with E-state index in [4.69, 9.17) is 0 Å². The summed E-state index contributed by atoms with van der Waals surface area (Å²) < 4.78 is 14.9. The van der Waals surface area contributed by atoms with Gasteiger partial charge in [0.15, 0.2) is 0 Å². The monoisotopic (exact) mass is 339 g/mol. The molecule has 2 nitrogen and oxygen atoms in total. The molecule has 3 aromatic carbocycles. The van der Waals surface area contributed by atoms with Crippen molar-refractivity contribution in [2.45, 2.75) is 16.3 Å². The molecule has 0 amide bonds. The maximum absolute atomic E-state index is 13.0. The first kappa shape index (κ1) is 16.0. The Kier molecular flexibility index (Phi) is 5.64. The molecule has 3 aromatic rings. The number of benzene rings is 3. The molecule has 0 N–H and O–H groups in total. The SMILES string of the molecule is O=[S@](c1ccccc1)N(Cc1ccccc1)Sc1ccccc1. The zero-order valence-electron chi connectivity index (χ0n) is 12.5. The smallest absolute Gasteiger partial charge is 0.138 e. The van der Waals surface area contributed by atoms with Crippen molar-refractivity contribution in [2.75, 3.05) is 0 Å². The Morgan fingerprint density at radius 3 is 1.87 bits per heavy atom. The predicted octanol–water partition coefficient (Wildman–Crippen LogP) is 4.92. The van der Waals surface area contributed by atoms with Gasteiger partial charge in [0.05, 0.1) is 4.90 Å². The van der Waals surface area contributed by atoms with E-state index in [9.17, 15) is 4.21 Å². The van der Waals surface area contributed by atoms with Crippen LogP contribution < -0.4 is 0 Å². The van der Waals surface area contributed by atoms with E-state index in [0.29, 0.717) is 6.54 Å². The van der Waals surface area contributed by atoms with Gasteiger partial charge >= 0.3 is 0 Å². The normalized spacial score (nSPS) is 12.2. The van der Waals surface area contributed by atoms with Crippen LogP contribution in [-0.2, 0) is 17.5 Å². The van der Waals surface area contributed by atoms with E-state index in [1.54, 1.807) is 0 Å². The molecule has 0 saturated carbocycles. The minimum Gasteiger partial charge on any atom is -0.236 e. The van der Waals surface area contributed by atoms with Crippen LogP contribution in [0.25, 0.3) is 0 Å². The number of hydrogen-bond donors (Lipinski definition) is 0. The van der Waals surface area contributed by atoms with Crippen LogP contribution in [0.5, 0.6) is 0 Å². The largest absolute Gasteiger partial charge is 0.236 e. The number of hydrogen-bond acceptors (Lipinski definition) is 2. The molecular weight excluding hydrogens is 322 g/mol. The van der Waals surface area contributed by atoms with Crippen molar-refractivity contribution >= 4 is 22.9 Å². The van der Waals surface area contributed by atoms with Crippen molar-refractivity contribution in [3.8, 4) is 0 Å². The van der Waals surface area contributed by atoms with Crippen molar-refractivity contribution in [1.82, 2.24) is 3.71 Å². The standard InChI is InChI=1S/C19H17NOS2/c21-23(19-14-8-3-9-15-19)20(16-17-10-4-1-5-11-17)22-18-12-6-2-7-13-18/h1-15H,16H2/t23-/m1/s1. The molecule has 0 aromatic heterocycles. The lowest BCUT2D eigenvalue weighted by Crippen LogP contribution is -2.18. The Morgan fingerprint density at radius 2 is 1.26 bits per heavy atom. The van der Waals surface area contributed by atoms with Crippen LogP contribution in [-0.4, -0.2) is 7.92 Å². The van der Waals surface area contributed by atoms with Gasteiger partial charge in [0, 0.05) is 11.4 Å². The van der Waals surface area contributed by atoms with Crippen LogP contribution in [0.3, 0.4) is 0 Å². The first-order chi connectivity index (χ1) is 11.3. The molecule has 116 valence electrons. The third kappa shape index (κ3) is 4.55. The molecule has 0 aliphatic heterocycles. The van der Waals surface area contributed by atoms with Crippen LogP contribution >= 0.6 is 11.9 Å². The van der Waals surface area contributed by atoms with Gasteiger partial charge in [-0.25, -0.2) is 4.21 Å². The van der Waals surface area contributed by atoms with E-state index in [2.05, 4.69) is 12.1 Å². The molecule has 0 aliphatic carbocycles. The summed E-state index contributed by atoms with van der Waals surface area (Å²) >= 11 is 1.52. The van der Waals surface area contributed by atoms with E-state index >= 15 is 0 Å². The van der Waals surface area contributed by atoms with Crippen LogP contribution in [0, 0.1) is 0 Å². The van der Waals surface area contributed by atoms with E-state index in [-0.39, 0.29) is 0 Å². The minimum absolute atomic E-state index is 0.613. The Morgan fingerprint density at radius 1 is 0.739 bits per heavy atom. The highest BCUT2D eigenvalue weighted by Crippen LogP contribution is 2.28. The van der Waals surface area contributed by atoms with E-state index in [0.717, 1.165) is 15.4 Å². The Balaban J connectivity index is 1.85. The zero-order valence-corrected chi connectivity index (χ0v) is 14.2. The lowest BCUT2D eigenvalue weighted by Gasteiger charge is -2.20. The van der Waals surface area contributed by atoms with Gasteiger partial charge < -0.3 is 0 Å². The summed E-state index contributed by atoms with van der Waals surface area (Å²) in [4.78, 5) is 1.89. The van der Waals surface area contributed by atoms with Crippen molar-refractivity contribution < 1.29 is 4.21 Å². The fourth-order valence-electron chi connectivity index (χ4n) is 2.11. The second-order valence-corrected chi connectivity index (χ2v) is 7.68. The average Bonchev–Trinajstić information content (AvgIpc) is 2.63. The van der Waals surface area contributed by atoms with Crippen LogP contribution in [0.2, 0.25) is 0 Å². The average molecular weight is 339 g/mol. The van der Waals surface area contributed by atoms with Crippen molar-refractivity contribution in [2.24, 2.45) is 0 Å². The number of rotatable bonds is 6. The van der Waals surface area contributed by atoms with Gasteiger partial charge in [0.25, 0.3) is 0 Å². The molecule has 1 atom stereocenters. The maximum Gasteiger partial charge on any atom is 0.138 e. The lowest BCUT2D eigenvalue weighted by atomic mass is 10.2. The van der Waals surface area contributed by atoms with Gasteiger partial charge in [-0.05, 0) is 41.8 Å². The summed E-state index contributed by atoms with van der Waals surface area (Å²) in [7, 11) is -1.23. The summed E-state index contributed by atoms with van der Waals surface area (Å²) in [5, 5.41) is 0. The van der Waals surface area contributed by atoms with Gasteiger partial charge in [0.2, 0.25) is 0 Å². The van der Waals surface area contributed by atoms with Crippen molar-refractivity contribution in [3.05, 3.63) is 96.6 Å². The third-order valence-corrected chi connectivity index (χ3v) is 5.85. The van der Waals surface area contributed by atoms with Crippen molar-refractivity contribution in [1.29, 1.82) is 0 Å². The van der Waals surface area contributed by atoms with Crippen molar-refractivity contribution in [3.63, 3.8) is 0 Å². The topological polar surface area (TPSA) is 20.3 Å². The highest BCUT2D eigenvalue weighted by Gasteiger charge is 2.17. The van der Waals surface area contributed by atoms with Gasteiger partial charge in [-0.15, -0.1) is 0 Å². The summed E-state index contributed by atoms with van der Waals surface area (Å²) in [6.45, 7) is 0.613. The molecule has 3 rings (SSSR count). The molecular formula is C19H17NOS2. The summed E-state index contributed by atoms with van der Waals surface area (Å²) in [6.07, 6.45) is 0. The quantitative estimate of drug-likeness (QED) is 0.594. The summed E-state index contributed by atoms with van der Waals surface area (Å²) in [5.41, 5.74) is 1.14. The zero-order chi connectivity index (χ0) is 15.9. The molecule has 23 heavy (non-hydrogen) atoms. The van der Waals surface area contributed by atoms with Gasteiger partial charge in [-0.1, -0.05) is 66.7 Å². The van der Waals surface area contributed by atoms with Crippen LogP contribution in [0.1, 0.15) is 5.56 Å². The van der Waals surface area contributed by atoms with Gasteiger partial charge in [-0.2, -0.15) is 3.71 Å². The maximum atomic E-state index is 13.0. The Bertz CT molecular complexity index is 707. The Labute approximate surface area is 143 Å². The summed E-state index contributed by atoms with van der Waals surface area (Å²) in [6, 6.07) is 29.7. The Hall–Kier alpha value is -1.88. The highest BCUT2D eigenvalue weighted by atomic mass is 32.2. The first-order valence-corrected chi connectivity index (χ1v) is 9.22. The lowest BCUT2D eigenvalue weighted by molar-refractivity contribution is 0.626. The molecule has 0 spiro atoms. The van der Waals surface area contributed by atoms with E-state index in [1.807, 2.05) is 82.6 Å². The third-order valence-electron chi connectivity index (χ3n) is 3.23. The van der Waals surface area contributed by atoms with Crippen LogP contribution in [0.4, 0.5) is 0 Å². The molecule has 4 heteroatoms. The van der Waals surface area contributed by atoms with E-state index in [1.165, 1.54) is 11.9 Å². The van der Waals surface area contributed by atoms with Crippen LogP contribution in [0.15, 0.2) is 101 Å². The molecule has 0 bridgehead atoms. The second-order valence-electron chi connectivity index (χ2n) is 4.94. The first-order valence-electron chi connectivity index (χ1n) is 7.34. The predicted molar refractivity (Wildman–Crippen MR) is 97.1 cm³/mol. The number of nitrogens with zero attached hydrogens (tertiary/aromatic N) is 1. The van der Waals surface area contributed by atoms with Gasteiger partial charge in [-0.3, -0.25) is 0 Å². The van der Waals surface area contributed by atoms with E-state index < -0.39 is 11.0 Å². The molecule has 0 saturated heterocycles. The fourth-order valence-corrected chi connectivity index (χ4v) is 4.52.